The predicted molar refractivity (Wildman–Crippen MR) is 243 cm³/mol. The van der Waals surface area contributed by atoms with Crippen LogP contribution in [0.2, 0.25) is 0 Å². The van der Waals surface area contributed by atoms with Crippen molar-refractivity contribution in [3.63, 3.8) is 0 Å². The van der Waals surface area contributed by atoms with Gasteiger partial charge >= 0.3 is 17.9 Å². The Hall–Kier alpha value is -2.11. The van der Waals surface area contributed by atoms with E-state index in [0.29, 0.717) is 19.3 Å². The first kappa shape index (κ1) is 54.9. The van der Waals surface area contributed by atoms with Gasteiger partial charge in [-0.15, -0.1) is 0 Å². The Kier molecular flexibility index (Phi) is 44.9. The molecule has 6 nitrogen and oxygen atoms in total. The largest absolute Gasteiger partial charge is 0.462 e. The number of rotatable bonds is 45. The van der Waals surface area contributed by atoms with E-state index in [1.807, 2.05) is 0 Å². The molecule has 0 radical (unpaired) electrons. The Morgan fingerprint density at radius 1 is 0.351 bits per heavy atom. The van der Waals surface area contributed by atoms with Gasteiger partial charge in [-0.05, 0) is 51.4 Å². The summed E-state index contributed by atoms with van der Waals surface area (Å²) in [7, 11) is 0. The maximum Gasteiger partial charge on any atom is 0.306 e. The van der Waals surface area contributed by atoms with Crippen molar-refractivity contribution in [1.82, 2.24) is 0 Å². The lowest BCUT2D eigenvalue weighted by Crippen LogP contribution is -2.30. The van der Waals surface area contributed by atoms with Gasteiger partial charge in [0.2, 0.25) is 0 Å². The monoisotopic (exact) mass is 803 g/mol. The molecule has 0 aliphatic heterocycles. The standard InChI is InChI=1S/C51H94O6/c1-4-7-10-13-15-17-19-21-23-24-25-26-28-29-31-33-35-38-41-44-50(53)56-47-48(46-55-49(52)43-40-37-12-9-6-3)57-51(54)45-42-39-36-34-32-30-27-22-20-18-16-14-11-8-5-2/h15,17,21,23,48H,4-14,16,18-20,22,24-47H2,1-3H3/b17-15-,23-21-. The number of unbranched alkanes of at least 4 members (excludes halogenated alkanes) is 30. The summed E-state index contributed by atoms with van der Waals surface area (Å²) >= 11 is 0. The fraction of sp³-hybridized carbons (Fsp3) is 0.863. The van der Waals surface area contributed by atoms with Crippen LogP contribution < -0.4 is 0 Å². The number of esters is 3. The first-order valence-electron chi connectivity index (χ1n) is 24.8. The Labute approximate surface area is 353 Å². The lowest BCUT2D eigenvalue weighted by Gasteiger charge is -2.18. The van der Waals surface area contributed by atoms with E-state index in [1.54, 1.807) is 0 Å². The zero-order valence-electron chi connectivity index (χ0n) is 38.1. The highest BCUT2D eigenvalue weighted by molar-refractivity contribution is 5.71. The molecule has 0 fully saturated rings. The van der Waals surface area contributed by atoms with Crippen LogP contribution in [-0.4, -0.2) is 37.2 Å². The molecule has 1 unspecified atom stereocenters. The van der Waals surface area contributed by atoms with E-state index in [1.165, 1.54) is 154 Å². The van der Waals surface area contributed by atoms with Gasteiger partial charge in [0.25, 0.3) is 0 Å². The molecule has 1 atom stereocenters. The van der Waals surface area contributed by atoms with Gasteiger partial charge in [0, 0.05) is 19.3 Å². The molecule has 0 aromatic rings. The molecule has 6 heteroatoms. The third-order valence-corrected chi connectivity index (χ3v) is 11.0. The smallest absolute Gasteiger partial charge is 0.306 e. The second-order valence-corrected chi connectivity index (χ2v) is 16.7. The highest BCUT2D eigenvalue weighted by Gasteiger charge is 2.19. The summed E-state index contributed by atoms with van der Waals surface area (Å²) in [6, 6.07) is 0. The van der Waals surface area contributed by atoms with Crippen LogP contribution in [-0.2, 0) is 28.6 Å². The fourth-order valence-electron chi connectivity index (χ4n) is 7.18. The molecule has 0 aromatic heterocycles. The average Bonchev–Trinajstić information content (AvgIpc) is 3.21. The maximum absolute atomic E-state index is 12.7. The summed E-state index contributed by atoms with van der Waals surface area (Å²) in [5, 5.41) is 0. The molecule has 0 N–H and O–H groups in total. The van der Waals surface area contributed by atoms with Crippen molar-refractivity contribution in [2.45, 2.75) is 271 Å². The molecule has 0 bridgehead atoms. The number of carbonyl (C=O) groups is 3. The summed E-state index contributed by atoms with van der Waals surface area (Å²) in [6.45, 7) is 6.55. The third-order valence-electron chi connectivity index (χ3n) is 11.0. The van der Waals surface area contributed by atoms with Crippen LogP contribution in [0.3, 0.4) is 0 Å². The van der Waals surface area contributed by atoms with Crippen molar-refractivity contribution in [2.75, 3.05) is 13.2 Å². The van der Waals surface area contributed by atoms with E-state index < -0.39 is 6.10 Å². The minimum absolute atomic E-state index is 0.0702. The van der Waals surface area contributed by atoms with Crippen molar-refractivity contribution < 1.29 is 28.6 Å². The van der Waals surface area contributed by atoms with Crippen molar-refractivity contribution in [1.29, 1.82) is 0 Å². The van der Waals surface area contributed by atoms with Crippen LogP contribution in [0.5, 0.6) is 0 Å². The van der Waals surface area contributed by atoms with Gasteiger partial charge in [-0.1, -0.05) is 218 Å². The summed E-state index contributed by atoms with van der Waals surface area (Å²) in [5.74, 6) is -0.877. The van der Waals surface area contributed by atoms with E-state index >= 15 is 0 Å². The van der Waals surface area contributed by atoms with Crippen molar-refractivity contribution in [2.24, 2.45) is 0 Å². The zero-order valence-corrected chi connectivity index (χ0v) is 38.1. The second kappa shape index (κ2) is 46.6. The van der Waals surface area contributed by atoms with Gasteiger partial charge in [0.05, 0.1) is 0 Å². The Bertz CT molecular complexity index is 927. The quantitative estimate of drug-likeness (QED) is 0.0264. The highest BCUT2D eigenvalue weighted by atomic mass is 16.6. The number of ether oxygens (including phenoxy) is 3. The predicted octanol–water partition coefficient (Wildman–Crippen LogP) is 16.0. The number of carbonyl (C=O) groups excluding carboxylic acids is 3. The molecular weight excluding hydrogens is 709 g/mol. The highest BCUT2D eigenvalue weighted by Crippen LogP contribution is 2.16. The van der Waals surface area contributed by atoms with Gasteiger partial charge in [-0.2, -0.15) is 0 Å². The van der Waals surface area contributed by atoms with Gasteiger partial charge in [-0.25, -0.2) is 0 Å². The number of allylic oxidation sites excluding steroid dienone is 4. The van der Waals surface area contributed by atoms with Crippen LogP contribution in [0.25, 0.3) is 0 Å². The molecular formula is C51H94O6. The summed E-state index contributed by atoms with van der Waals surface area (Å²) in [6.07, 6.45) is 51.9. The van der Waals surface area contributed by atoms with Crippen LogP contribution in [0.15, 0.2) is 24.3 Å². The van der Waals surface area contributed by atoms with Crippen LogP contribution in [0.1, 0.15) is 265 Å². The Morgan fingerprint density at radius 3 is 1.00 bits per heavy atom. The molecule has 0 aliphatic carbocycles. The van der Waals surface area contributed by atoms with E-state index in [-0.39, 0.29) is 31.1 Å². The minimum Gasteiger partial charge on any atom is -0.462 e. The Morgan fingerprint density at radius 2 is 0.632 bits per heavy atom. The second-order valence-electron chi connectivity index (χ2n) is 16.7. The van der Waals surface area contributed by atoms with E-state index in [4.69, 9.17) is 14.2 Å². The summed E-state index contributed by atoms with van der Waals surface area (Å²) < 4.78 is 16.7. The molecule has 0 amide bonds. The number of hydrogen-bond acceptors (Lipinski definition) is 6. The summed E-state index contributed by atoms with van der Waals surface area (Å²) in [5.41, 5.74) is 0. The van der Waals surface area contributed by atoms with Crippen LogP contribution in [0, 0.1) is 0 Å². The van der Waals surface area contributed by atoms with Crippen molar-refractivity contribution >= 4 is 17.9 Å². The lowest BCUT2D eigenvalue weighted by atomic mass is 10.0. The molecule has 0 aromatic carbocycles. The molecule has 0 spiro atoms. The normalized spacial score (nSPS) is 12.1. The summed E-state index contributed by atoms with van der Waals surface area (Å²) in [4.78, 5) is 37.6. The maximum atomic E-state index is 12.7. The lowest BCUT2D eigenvalue weighted by molar-refractivity contribution is -0.167. The van der Waals surface area contributed by atoms with Gasteiger partial charge in [0.15, 0.2) is 6.10 Å². The number of hydrogen-bond donors (Lipinski definition) is 0. The molecule has 0 rings (SSSR count). The molecule has 0 saturated heterocycles. The molecule has 57 heavy (non-hydrogen) atoms. The fourth-order valence-corrected chi connectivity index (χ4v) is 7.18. The van der Waals surface area contributed by atoms with Crippen LogP contribution >= 0.6 is 0 Å². The first-order valence-corrected chi connectivity index (χ1v) is 24.8. The van der Waals surface area contributed by atoms with Gasteiger partial charge < -0.3 is 14.2 Å². The topological polar surface area (TPSA) is 78.9 Å². The van der Waals surface area contributed by atoms with E-state index in [9.17, 15) is 14.4 Å². The molecule has 0 aliphatic rings. The first-order chi connectivity index (χ1) is 28.0. The van der Waals surface area contributed by atoms with Gasteiger partial charge in [0.1, 0.15) is 13.2 Å². The molecule has 334 valence electrons. The van der Waals surface area contributed by atoms with E-state index in [0.717, 1.165) is 70.6 Å². The van der Waals surface area contributed by atoms with Crippen molar-refractivity contribution in [3.05, 3.63) is 24.3 Å². The molecule has 0 heterocycles. The van der Waals surface area contributed by atoms with E-state index in [2.05, 4.69) is 45.1 Å². The third kappa shape index (κ3) is 44.8. The zero-order chi connectivity index (χ0) is 41.5. The SMILES string of the molecule is CCCCC/C=C\C/C=C\CCCCCCCCCCCC(=O)OCC(COC(=O)CCCCCCC)OC(=O)CCCCCCCCCCCCCCCCC. The average molecular weight is 803 g/mol. The molecule has 0 saturated carbocycles. The van der Waals surface area contributed by atoms with Gasteiger partial charge in [-0.3, -0.25) is 14.4 Å². The van der Waals surface area contributed by atoms with Crippen LogP contribution in [0.4, 0.5) is 0 Å². The Balaban J connectivity index is 4.14. The minimum atomic E-state index is -0.764. The van der Waals surface area contributed by atoms with Crippen molar-refractivity contribution in [3.8, 4) is 0 Å².